The Bertz CT molecular complexity index is 246. The Kier molecular flexibility index (Phi) is 7.75. The maximum atomic E-state index is 11.9. The van der Waals surface area contributed by atoms with Crippen LogP contribution in [-0.4, -0.2) is 48.6 Å². The summed E-state index contributed by atoms with van der Waals surface area (Å²) in [5, 5.41) is 0. The van der Waals surface area contributed by atoms with E-state index in [4.69, 9.17) is 4.74 Å². The van der Waals surface area contributed by atoms with Gasteiger partial charge in [-0.2, -0.15) is 11.8 Å². The molecule has 0 aromatic heterocycles. The number of thioether (sulfide) groups is 1. The summed E-state index contributed by atoms with van der Waals surface area (Å²) in [7, 11) is 0. The van der Waals surface area contributed by atoms with E-state index in [-0.39, 0.29) is 6.10 Å². The van der Waals surface area contributed by atoms with Gasteiger partial charge in [0, 0.05) is 25.3 Å². The van der Waals surface area contributed by atoms with Crippen LogP contribution in [0.3, 0.4) is 0 Å². The molecule has 4 heteroatoms. The van der Waals surface area contributed by atoms with Gasteiger partial charge in [-0.05, 0) is 18.6 Å². The average molecular weight is 273 g/mol. The van der Waals surface area contributed by atoms with Crippen molar-refractivity contribution < 1.29 is 9.53 Å². The number of rotatable bonds is 7. The minimum atomic E-state index is 0.260. The van der Waals surface area contributed by atoms with E-state index in [2.05, 4.69) is 13.8 Å². The molecule has 1 rings (SSSR count). The maximum Gasteiger partial charge on any atom is 0.223 e. The number of carbonyl (C=O) groups excluding carboxylic acids is 1. The zero-order valence-electron chi connectivity index (χ0n) is 12.0. The lowest BCUT2D eigenvalue weighted by Gasteiger charge is -2.33. The van der Waals surface area contributed by atoms with E-state index in [1.165, 1.54) is 12.8 Å². The fourth-order valence-electron chi connectivity index (χ4n) is 2.22. The largest absolute Gasteiger partial charge is 0.375 e. The van der Waals surface area contributed by atoms with Crippen molar-refractivity contribution in [2.24, 2.45) is 5.92 Å². The molecular formula is C14H27NO2S. The molecule has 1 saturated heterocycles. The first-order valence-electron chi connectivity index (χ1n) is 7.01. The summed E-state index contributed by atoms with van der Waals surface area (Å²) in [6, 6.07) is 0. The van der Waals surface area contributed by atoms with Crippen LogP contribution in [0.2, 0.25) is 0 Å². The van der Waals surface area contributed by atoms with Crippen LogP contribution >= 0.6 is 11.8 Å². The molecule has 1 amide bonds. The number of hydrogen-bond acceptors (Lipinski definition) is 3. The van der Waals surface area contributed by atoms with Crippen LogP contribution < -0.4 is 0 Å². The molecule has 0 radical (unpaired) electrons. The Balaban J connectivity index is 2.25. The molecule has 1 atom stereocenters. The predicted octanol–water partition coefficient (Wildman–Crippen LogP) is 2.79. The van der Waals surface area contributed by atoms with Crippen molar-refractivity contribution in [3.05, 3.63) is 0 Å². The summed E-state index contributed by atoms with van der Waals surface area (Å²) >= 11 is 1.73. The van der Waals surface area contributed by atoms with Gasteiger partial charge in [0.05, 0.1) is 12.7 Å². The molecule has 1 aliphatic rings. The highest BCUT2D eigenvalue weighted by Crippen LogP contribution is 2.15. The minimum Gasteiger partial charge on any atom is -0.375 e. The summed E-state index contributed by atoms with van der Waals surface area (Å²) in [6.45, 7) is 6.77. The van der Waals surface area contributed by atoms with E-state index in [0.29, 0.717) is 18.9 Å². The van der Waals surface area contributed by atoms with E-state index >= 15 is 0 Å². The zero-order chi connectivity index (χ0) is 13.4. The molecule has 0 aromatic rings. The van der Waals surface area contributed by atoms with Gasteiger partial charge in [0.25, 0.3) is 0 Å². The molecule has 3 nitrogen and oxygen atoms in total. The Morgan fingerprint density at radius 3 is 2.94 bits per heavy atom. The van der Waals surface area contributed by atoms with Gasteiger partial charge in [0.1, 0.15) is 0 Å². The first-order valence-corrected chi connectivity index (χ1v) is 8.41. The quantitative estimate of drug-likeness (QED) is 0.714. The lowest BCUT2D eigenvalue weighted by molar-refractivity contribution is -0.138. The van der Waals surface area contributed by atoms with E-state index < -0.39 is 0 Å². The van der Waals surface area contributed by atoms with Crippen molar-refractivity contribution >= 4 is 17.7 Å². The molecule has 1 fully saturated rings. The molecule has 1 aliphatic heterocycles. The molecule has 106 valence electrons. The third-order valence-corrected chi connectivity index (χ3v) is 3.93. The van der Waals surface area contributed by atoms with Crippen LogP contribution in [0.15, 0.2) is 0 Å². The van der Waals surface area contributed by atoms with Crippen LogP contribution in [0.25, 0.3) is 0 Å². The van der Waals surface area contributed by atoms with Crippen LogP contribution in [-0.2, 0) is 9.53 Å². The first kappa shape index (κ1) is 15.8. The number of ether oxygens (including phenoxy) is 1. The molecule has 18 heavy (non-hydrogen) atoms. The van der Waals surface area contributed by atoms with Gasteiger partial charge in [0.15, 0.2) is 0 Å². The summed E-state index contributed by atoms with van der Waals surface area (Å²) < 4.78 is 5.75. The third kappa shape index (κ3) is 6.10. The highest BCUT2D eigenvalue weighted by atomic mass is 32.2. The van der Waals surface area contributed by atoms with Crippen molar-refractivity contribution in [3.63, 3.8) is 0 Å². The molecular weight excluding hydrogens is 246 g/mol. The number of nitrogens with zero attached hydrogens (tertiary/aromatic N) is 1. The molecule has 0 aliphatic carbocycles. The molecule has 1 unspecified atom stereocenters. The van der Waals surface area contributed by atoms with E-state index in [1.807, 2.05) is 11.2 Å². The topological polar surface area (TPSA) is 29.5 Å². The number of morpholine rings is 1. The van der Waals surface area contributed by atoms with Gasteiger partial charge in [-0.15, -0.1) is 0 Å². The Morgan fingerprint density at radius 2 is 2.28 bits per heavy atom. The Hall–Kier alpha value is -0.220. The molecule has 0 N–H and O–H groups in total. The zero-order valence-corrected chi connectivity index (χ0v) is 12.8. The smallest absolute Gasteiger partial charge is 0.223 e. The number of carbonyl (C=O) groups is 1. The molecule has 0 aromatic carbocycles. The molecule has 0 saturated carbocycles. The Labute approximate surface area is 116 Å². The molecule has 1 heterocycles. The number of hydrogen-bond donors (Lipinski definition) is 0. The van der Waals surface area contributed by atoms with E-state index in [9.17, 15) is 4.79 Å². The normalized spacial score (nSPS) is 20.4. The summed E-state index contributed by atoms with van der Waals surface area (Å²) in [6.07, 6.45) is 6.51. The second-order valence-electron chi connectivity index (χ2n) is 5.40. The highest BCUT2D eigenvalue weighted by molar-refractivity contribution is 7.98. The minimum absolute atomic E-state index is 0.260. The van der Waals surface area contributed by atoms with Crippen molar-refractivity contribution in [2.45, 2.75) is 45.6 Å². The lowest BCUT2D eigenvalue weighted by Crippen LogP contribution is -2.45. The summed E-state index contributed by atoms with van der Waals surface area (Å²) in [5.74, 6) is 1.98. The van der Waals surface area contributed by atoms with Gasteiger partial charge < -0.3 is 9.64 Å². The lowest BCUT2D eigenvalue weighted by atomic mass is 10.0. The predicted molar refractivity (Wildman–Crippen MR) is 78.0 cm³/mol. The van der Waals surface area contributed by atoms with Crippen molar-refractivity contribution in [2.75, 3.05) is 31.7 Å². The highest BCUT2D eigenvalue weighted by Gasteiger charge is 2.23. The van der Waals surface area contributed by atoms with E-state index in [1.54, 1.807) is 11.8 Å². The monoisotopic (exact) mass is 273 g/mol. The summed E-state index contributed by atoms with van der Waals surface area (Å²) in [4.78, 5) is 13.9. The van der Waals surface area contributed by atoms with Crippen LogP contribution in [0.5, 0.6) is 0 Å². The van der Waals surface area contributed by atoms with Gasteiger partial charge in [-0.1, -0.05) is 26.7 Å². The van der Waals surface area contributed by atoms with Crippen molar-refractivity contribution in [1.82, 2.24) is 4.90 Å². The Morgan fingerprint density at radius 1 is 1.50 bits per heavy atom. The average Bonchev–Trinajstić information content (AvgIpc) is 2.36. The fourth-order valence-corrected chi connectivity index (χ4v) is 2.60. The fraction of sp³-hybridized carbons (Fsp3) is 0.929. The van der Waals surface area contributed by atoms with Gasteiger partial charge in [-0.3, -0.25) is 4.79 Å². The standard InChI is InChI=1S/C14H27NO2S/c1-12(2)5-4-6-13-11-15(8-9-17-13)14(16)7-10-18-3/h12-13H,4-11H2,1-3H3. The van der Waals surface area contributed by atoms with Gasteiger partial charge >= 0.3 is 0 Å². The van der Waals surface area contributed by atoms with Gasteiger partial charge in [-0.25, -0.2) is 0 Å². The van der Waals surface area contributed by atoms with Gasteiger partial charge in [0.2, 0.25) is 5.91 Å². The van der Waals surface area contributed by atoms with Crippen molar-refractivity contribution in [3.8, 4) is 0 Å². The first-order chi connectivity index (χ1) is 8.63. The number of amides is 1. The van der Waals surface area contributed by atoms with Crippen LogP contribution in [0, 0.1) is 5.92 Å². The van der Waals surface area contributed by atoms with Crippen LogP contribution in [0.1, 0.15) is 39.5 Å². The maximum absolute atomic E-state index is 11.9. The molecule has 0 bridgehead atoms. The SMILES string of the molecule is CSCCC(=O)N1CCOC(CCCC(C)C)C1. The summed E-state index contributed by atoms with van der Waals surface area (Å²) in [5.41, 5.74) is 0. The van der Waals surface area contributed by atoms with Crippen molar-refractivity contribution in [1.29, 1.82) is 0 Å². The second-order valence-corrected chi connectivity index (χ2v) is 6.39. The second kappa shape index (κ2) is 8.81. The molecule has 0 spiro atoms. The third-order valence-electron chi connectivity index (χ3n) is 3.32. The van der Waals surface area contributed by atoms with Crippen LogP contribution in [0.4, 0.5) is 0 Å². The van der Waals surface area contributed by atoms with E-state index in [0.717, 1.165) is 31.2 Å².